The van der Waals surface area contributed by atoms with Gasteiger partial charge in [0.25, 0.3) is 0 Å². The number of hydrogen-bond donors (Lipinski definition) is 1. The number of ether oxygens (including phenoxy) is 1. The normalized spacial score (nSPS) is 10.2. The number of nitrogens with zero attached hydrogens (tertiary/aromatic N) is 3. The molecule has 0 amide bonds. The summed E-state index contributed by atoms with van der Waals surface area (Å²) in [6, 6.07) is 15.3. The molecule has 0 atom stereocenters. The third-order valence-corrected chi connectivity index (χ3v) is 3.36. The van der Waals surface area contributed by atoms with Gasteiger partial charge in [0.1, 0.15) is 17.9 Å². The number of nitriles is 1. The van der Waals surface area contributed by atoms with E-state index in [1.54, 1.807) is 19.2 Å². The van der Waals surface area contributed by atoms with Gasteiger partial charge in [-0.05, 0) is 35.9 Å². The highest BCUT2D eigenvalue weighted by atomic mass is 16.5. The van der Waals surface area contributed by atoms with Gasteiger partial charge < -0.3 is 10.1 Å². The van der Waals surface area contributed by atoms with Gasteiger partial charge in [0.15, 0.2) is 0 Å². The summed E-state index contributed by atoms with van der Waals surface area (Å²) in [5, 5.41) is 13.2. The second-order valence-corrected chi connectivity index (χ2v) is 4.77. The zero-order valence-corrected chi connectivity index (χ0v) is 12.1. The number of benzene rings is 2. The van der Waals surface area contributed by atoms with Crippen molar-refractivity contribution >= 4 is 16.7 Å². The van der Waals surface area contributed by atoms with Crippen LogP contribution in [0.1, 0.15) is 11.1 Å². The molecule has 1 aromatic heterocycles. The number of anilines is 1. The average molecular weight is 290 g/mol. The van der Waals surface area contributed by atoms with Crippen LogP contribution in [0.3, 0.4) is 0 Å². The molecule has 0 radical (unpaired) electrons. The van der Waals surface area contributed by atoms with Crippen LogP contribution in [0.25, 0.3) is 10.9 Å². The Hall–Kier alpha value is -3.13. The van der Waals surface area contributed by atoms with Crippen LogP contribution < -0.4 is 10.1 Å². The van der Waals surface area contributed by atoms with Gasteiger partial charge in [-0.15, -0.1) is 0 Å². The number of nitrogens with one attached hydrogen (secondary N) is 1. The van der Waals surface area contributed by atoms with Crippen molar-refractivity contribution in [3.05, 3.63) is 59.9 Å². The Labute approximate surface area is 128 Å². The highest BCUT2D eigenvalue weighted by molar-refractivity contribution is 5.89. The maximum absolute atomic E-state index is 9.03. The number of aromatic nitrogens is 2. The van der Waals surface area contributed by atoms with Gasteiger partial charge in [-0.2, -0.15) is 5.26 Å². The minimum Gasteiger partial charge on any atom is -0.497 e. The molecule has 0 aliphatic carbocycles. The first-order chi connectivity index (χ1) is 10.8. The fourth-order valence-electron chi connectivity index (χ4n) is 2.24. The van der Waals surface area contributed by atoms with E-state index in [0.717, 1.165) is 22.2 Å². The Bertz CT molecular complexity index is 855. The lowest BCUT2D eigenvalue weighted by atomic mass is 10.1. The van der Waals surface area contributed by atoms with E-state index in [1.165, 1.54) is 6.33 Å². The van der Waals surface area contributed by atoms with Crippen LogP contribution in [-0.4, -0.2) is 17.1 Å². The van der Waals surface area contributed by atoms with Crippen molar-refractivity contribution < 1.29 is 4.74 Å². The van der Waals surface area contributed by atoms with Gasteiger partial charge >= 0.3 is 0 Å². The predicted octanol–water partition coefficient (Wildman–Crippen LogP) is 3.12. The third-order valence-electron chi connectivity index (χ3n) is 3.36. The summed E-state index contributed by atoms with van der Waals surface area (Å²) in [6.07, 6.45) is 1.52. The quantitative estimate of drug-likeness (QED) is 0.799. The number of fused-ring (bicyclic) bond motifs is 1. The first kappa shape index (κ1) is 13.8. The Morgan fingerprint density at radius 2 is 2.09 bits per heavy atom. The van der Waals surface area contributed by atoms with Crippen molar-refractivity contribution in [3.63, 3.8) is 0 Å². The van der Waals surface area contributed by atoms with Crippen LogP contribution in [0.4, 0.5) is 5.82 Å². The van der Waals surface area contributed by atoms with Crippen LogP contribution in [0.5, 0.6) is 5.75 Å². The lowest BCUT2D eigenvalue weighted by Gasteiger charge is -2.09. The first-order valence-corrected chi connectivity index (χ1v) is 6.82. The van der Waals surface area contributed by atoms with Crippen molar-refractivity contribution in [2.24, 2.45) is 0 Å². The van der Waals surface area contributed by atoms with Gasteiger partial charge in [-0.3, -0.25) is 0 Å². The number of hydrogen-bond acceptors (Lipinski definition) is 5. The lowest BCUT2D eigenvalue weighted by Crippen LogP contribution is -2.03. The molecule has 5 nitrogen and oxygen atoms in total. The summed E-state index contributed by atoms with van der Waals surface area (Å²) >= 11 is 0. The van der Waals surface area contributed by atoms with E-state index in [9.17, 15) is 0 Å². The van der Waals surface area contributed by atoms with Crippen LogP contribution >= 0.6 is 0 Å². The first-order valence-electron chi connectivity index (χ1n) is 6.82. The molecule has 0 fully saturated rings. The monoisotopic (exact) mass is 290 g/mol. The standard InChI is InChI=1S/C17H14N4O/c1-22-14-4-2-3-13(7-14)10-19-17-15-8-12(9-18)5-6-16(15)20-11-21-17/h2-8,11H,10H2,1H3,(H,19,20,21). The topological polar surface area (TPSA) is 70.8 Å². The number of methoxy groups -OCH3 is 1. The van der Waals surface area contributed by atoms with Gasteiger partial charge in [0.2, 0.25) is 0 Å². The summed E-state index contributed by atoms with van der Waals surface area (Å²) in [4.78, 5) is 8.50. The molecule has 1 N–H and O–H groups in total. The second-order valence-electron chi connectivity index (χ2n) is 4.77. The van der Waals surface area contributed by atoms with E-state index in [4.69, 9.17) is 10.00 Å². The minimum atomic E-state index is 0.590. The van der Waals surface area contributed by atoms with Gasteiger partial charge in [0, 0.05) is 11.9 Å². The lowest BCUT2D eigenvalue weighted by molar-refractivity contribution is 0.414. The molecule has 0 unspecified atom stereocenters. The number of rotatable bonds is 4. The van der Waals surface area contributed by atoms with Crippen molar-refractivity contribution in [2.75, 3.05) is 12.4 Å². The molecule has 0 aliphatic heterocycles. The van der Waals surface area contributed by atoms with Crippen LogP contribution in [0.15, 0.2) is 48.8 Å². The molecular formula is C17H14N4O. The molecule has 0 aliphatic rings. The second kappa shape index (κ2) is 6.10. The van der Waals surface area contributed by atoms with Crippen molar-refractivity contribution in [3.8, 4) is 11.8 Å². The molecule has 0 saturated carbocycles. The van der Waals surface area contributed by atoms with E-state index in [2.05, 4.69) is 21.4 Å². The van der Waals surface area contributed by atoms with Gasteiger partial charge in [0.05, 0.1) is 24.3 Å². The Kier molecular flexibility index (Phi) is 3.84. The summed E-state index contributed by atoms with van der Waals surface area (Å²) in [5.74, 6) is 1.53. The average Bonchev–Trinajstić information content (AvgIpc) is 2.59. The summed E-state index contributed by atoms with van der Waals surface area (Å²) in [7, 11) is 1.65. The van der Waals surface area contributed by atoms with Crippen LogP contribution in [0, 0.1) is 11.3 Å². The Morgan fingerprint density at radius 3 is 2.91 bits per heavy atom. The molecule has 0 spiro atoms. The van der Waals surface area contributed by atoms with Crippen LogP contribution in [-0.2, 0) is 6.54 Å². The zero-order valence-electron chi connectivity index (χ0n) is 12.1. The van der Waals surface area contributed by atoms with Gasteiger partial charge in [-0.25, -0.2) is 9.97 Å². The molecule has 1 heterocycles. The highest BCUT2D eigenvalue weighted by Gasteiger charge is 2.05. The predicted molar refractivity (Wildman–Crippen MR) is 84.6 cm³/mol. The fourth-order valence-corrected chi connectivity index (χ4v) is 2.24. The molecule has 108 valence electrons. The van der Waals surface area contributed by atoms with Crippen LogP contribution in [0.2, 0.25) is 0 Å². The van der Waals surface area contributed by atoms with Crippen molar-refractivity contribution in [1.29, 1.82) is 5.26 Å². The van der Waals surface area contributed by atoms with E-state index in [1.807, 2.05) is 30.3 Å². The van der Waals surface area contributed by atoms with Crippen molar-refractivity contribution in [1.82, 2.24) is 9.97 Å². The highest BCUT2D eigenvalue weighted by Crippen LogP contribution is 2.21. The minimum absolute atomic E-state index is 0.590. The maximum atomic E-state index is 9.03. The SMILES string of the molecule is COc1cccc(CNc2ncnc3ccc(C#N)cc23)c1. The molecule has 3 aromatic rings. The van der Waals surface area contributed by atoms with Gasteiger partial charge in [-0.1, -0.05) is 12.1 Å². The molecule has 3 rings (SSSR count). The Morgan fingerprint density at radius 1 is 1.18 bits per heavy atom. The molecule has 0 bridgehead atoms. The summed E-state index contributed by atoms with van der Waals surface area (Å²) in [6.45, 7) is 0.611. The Balaban J connectivity index is 1.88. The molecule has 22 heavy (non-hydrogen) atoms. The third kappa shape index (κ3) is 2.81. The summed E-state index contributed by atoms with van der Waals surface area (Å²) < 4.78 is 5.22. The summed E-state index contributed by atoms with van der Waals surface area (Å²) in [5.41, 5.74) is 2.48. The van der Waals surface area contributed by atoms with E-state index in [-0.39, 0.29) is 0 Å². The molecule has 2 aromatic carbocycles. The maximum Gasteiger partial charge on any atom is 0.137 e. The molecule has 5 heteroatoms. The zero-order chi connectivity index (χ0) is 15.4. The van der Waals surface area contributed by atoms with Crippen molar-refractivity contribution in [2.45, 2.75) is 6.54 Å². The molecule has 0 saturated heterocycles. The van der Waals surface area contributed by atoms with E-state index >= 15 is 0 Å². The molecular weight excluding hydrogens is 276 g/mol. The van der Waals surface area contributed by atoms with E-state index < -0.39 is 0 Å². The smallest absolute Gasteiger partial charge is 0.137 e. The fraction of sp³-hybridized carbons (Fsp3) is 0.118. The largest absolute Gasteiger partial charge is 0.497 e. The van der Waals surface area contributed by atoms with E-state index in [0.29, 0.717) is 17.9 Å².